The van der Waals surface area contributed by atoms with E-state index in [9.17, 15) is 14.4 Å². The zero-order valence-electron chi connectivity index (χ0n) is 17.4. The van der Waals surface area contributed by atoms with E-state index < -0.39 is 5.60 Å². The highest BCUT2D eigenvalue weighted by atomic mass is 16.6. The summed E-state index contributed by atoms with van der Waals surface area (Å²) in [5, 5.41) is 5.59. The number of hydrogen-bond acceptors (Lipinski definition) is 6. The van der Waals surface area contributed by atoms with Gasteiger partial charge in [-0.2, -0.15) is 0 Å². The number of piperazine rings is 1. The van der Waals surface area contributed by atoms with E-state index in [4.69, 9.17) is 4.74 Å². The first kappa shape index (κ1) is 21.1. The topological polar surface area (TPSA) is 91.0 Å². The molecule has 8 nitrogen and oxygen atoms in total. The van der Waals surface area contributed by atoms with Gasteiger partial charge in [0, 0.05) is 44.8 Å². The standard InChI is InChI=1S/C21H30N4O4/c1-21(2,3)29-20(28)25-11-9-24(10-12-25)14-15-5-4-6-16(13-15)22-17-7-8-18(26)23-19(17)27/h4-6,13,17,22H,7-12,14H2,1-3H3,(H,23,26,27). The van der Waals surface area contributed by atoms with Gasteiger partial charge in [-0.3, -0.25) is 19.8 Å². The van der Waals surface area contributed by atoms with Crippen LogP contribution in [0.3, 0.4) is 0 Å². The van der Waals surface area contributed by atoms with Gasteiger partial charge in [-0.25, -0.2) is 4.79 Å². The summed E-state index contributed by atoms with van der Waals surface area (Å²) in [7, 11) is 0. The number of ether oxygens (including phenoxy) is 1. The van der Waals surface area contributed by atoms with Crippen molar-refractivity contribution in [3.05, 3.63) is 29.8 Å². The number of nitrogens with zero attached hydrogens (tertiary/aromatic N) is 2. The largest absolute Gasteiger partial charge is 0.444 e. The number of benzene rings is 1. The number of carbonyl (C=O) groups is 3. The van der Waals surface area contributed by atoms with E-state index in [-0.39, 0.29) is 23.9 Å². The molecule has 0 radical (unpaired) electrons. The first-order valence-corrected chi connectivity index (χ1v) is 10.1. The molecule has 1 aromatic rings. The van der Waals surface area contributed by atoms with Crippen LogP contribution in [0.5, 0.6) is 0 Å². The Labute approximate surface area is 171 Å². The van der Waals surface area contributed by atoms with Crippen LogP contribution >= 0.6 is 0 Å². The number of rotatable bonds is 4. The molecule has 2 aliphatic heterocycles. The lowest BCUT2D eigenvalue weighted by Gasteiger charge is -2.35. The van der Waals surface area contributed by atoms with E-state index in [1.165, 1.54) is 0 Å². The van der Waals surface area contributed by atoms with Gasteiger partial charge in [-0.05, 0) is 44.9 Å². The molecule has 2 fully saturated rings. The number of amides is 3. The van der Waals surface area contributed by atoms with Crippen molar-refractivity contribution in [1.82, 2.24) is 15.1 Å². The molecule has 29 heavy (non-hydrogen) atoms. The summed E-state index contributed by atoms with van der Waals surface area (Å²) in [5.74, 6) is -0.489. The van der Waals surface area contributed by atoms with Gasteiger partial charge < -0.3 is 15.0 Å². The maximum atomic E-state index is 12.2. The molecule has 2 saturated heterocycles. The summed E-state index contributed by atoms with van der Waals surface area (Å²) in [5.41, 5.74) is 1.52. The van der Waals surface area contributed by atoms with Crippen LogP contribution in [-0.4, -0.2) is 65.5 Å². The Kier molecular flexibility index (Phi) is 6.42. The Morgan fingerprint density at radius 1 is 1.21 bits per heavy atom. The van der Waals surface area contributed by atoms with E-state index in [0.29, 0.717) is 25.9 Å². The van der Waals surface area contributed by atoms with Gasteiger partial charge in [0.15, 0.2) is 0 Å². The Hall–Kier alpha value is -2.61. The third-order valence-electron chi connectivity index (χ3n) is 4.94. The molecule has 2 N–H and O–H groups in total. The van der Waals surface area contributed by atoms with Crippen molar-refractivity contribution in [1.29, 1.82) is 0 Å². The highest BCUT2D eigenvalue weighted by Gasteiger charge is 2.27. The number of piperidine rings is 1. The lowest BCUT2D eigenvalue weighted by atomic mass is 10.1. The average molecular weight is 402 g/mol. The van der Waals surface area contributed by atoms with E-state index in [0.717, 1.165) is 30.9 Å². The fourth-order valence-corrected chi connectivity index (χ4v) is 3.47. The zero-order valence-corrected chi connectivity index (χ0v) is 17.4. The molecule has 0 bridgehead atoms. The second kappa shape index (κ2) is 8.82. The van der Waals surface area contributed by atoms with Crippen molar-refractivity contribution >= 4 is 23.6 Å². The van der Waals surface area contributed by atoms with Crippen LogP contribution in [0.1, 0.15) is 39.2 Å². The maximum Gasteiger partial charge on any atom is 0.410 e. The summed E-state index contributed by atoms with van der Waals surface area (Å²) < 4.78 is 5.44. The number of nitrogens with one attached hydrogen (secondary N) is 2. The smallest absolute Gasteiger partial charge is 0.410 e. The van der Waals surface area contributed by atoms with Crippen molar-refractivity contribution < 1.29 is 19.1 Å². The monoisotopic (exact) mass is 402 g/mol. The minimum Gasteiger partial charge on any atom is -0.444 e. The summed E-state index contributed by atoms with van der Waals surface area (Å²) in [6.45, 7) is 9.23. The molecule has 1 unspecified atom stereocenters. The highest BCUT2D eigenvalue weighted by Crippen LogP contribution is 2.18. The van der Waals surface area contributed by atoms with Crippen LogP contribution in [0.4, 0.5) is 10.5 Å². The molecule has 0 aromatic heterocycles. The van der Waals surface area contributed by atoms with Gasteiger partial charge in [0.25, 0.3) is 0 Å². The molecule has 1 aromatic carbocycles. The summed E-state index contributed by atoms with van der Waals surface area (Å²) in [6, 6.07) is 7.58. The van der Waals surface area contributed by atoms with Crippen molar-refractivity contribution in [3.8, 4) is 0 Å². The fraction of sp³-hybridized carbons (Fsp3) is 0.571. The minimum atomic E-state index is -0.482. The number of carbonyl (C=O) groups excluding carboxylic acids is 3. The van der Waals surface area contributed by atoms with Crippen LogP contribution in [0.2, 0.25) is 0 Å². The van der Waals surface area contributed by atoms with Gasteiger partial charge in [0.1, 0.15) is 11.6 Å². The maximum absolute atomic E-state index is 12.2. The minimum absolute atomic E-state index is 0.215. The van der Waals surface area contributed by atoms with Gasteiger partial charge in [-0.1, -0.05) is 12.1 Å². The van der Waals surface area contributed by atoms with Crippen LogP contribution in [0.15, 0.2) is 24.3 Å². The molecular formula is C21H30N4O4. The van der Waals surface area contributed by atoms with Crippen LogP contribution in [0.25, 0.3) is 0 Å². The average Bonchev–Trinajstić information content (AvgIpc) is 2.64. The van der Waals surface area contributed by atoms with E-state index in [2.05, 4.69) is 21.6 Å². The third kappa shape index (κ3) is 6.19. The summed E-state index contributed by atoms with van der Waals surface area (Å²) in [6.07, 6.45) is 0.597. The molecule has 3 amide bonds. The van der Waals surface area contributed by atoms with E-state index >= 15 is 0 Å². The number of anilines is 1. The Morgan fingerprint density at radius 2 is 1.93 bits per heavy atom. The molecule has 2 heterocycles. The van der Waals surface area contributed by atoms with Crippen LogP contribution < -0.4 is 10.6 Å². The third-order valence-corrected chi connectivity index (χ3v) is 4.94. The second-order valence-electron chi connectivity index (χ2n) is 8.59. The quantitative estimate of drug-likeness (QED) is 0.748. The first-order chi connectivity index (χ1) is 13.7. The zero-order chi connectivity index (χ0) is 21.0. The van der Waals surface area contributed by atoms with E-state index in [1.54, 1.807) is 4.90 Å². The molecule has 0 spiro atoms. The van der Waals surface area contributed by atoms with Crippen LogP contribution in [0, 0.1) is 0 Å². The summed E-state index contributed by atoms with van der Waals surface area (Å²) in [4.78, 5) is 39.5. The van der Waals surface area contributed by atoms with Crippen molar-refractivity contribution in [2.24, 2.45) is 0 Å². The molecule has 0 aliphatic carbocycles. The first-order valence-electron chi connectivity index (χ1n) is 10.1. The molecular weight excluding hydrogens is 372 g/mol. The van der Waals surface area contributed by atoms with Gasteiger partial charge in [-0.15, -0.1) is 0 Å². The van der Waals surface area contributed by atoms with Crippen molar-refractivity contribution in [2.45, 2.75) is 51.8 Å². The SMILES string of the molecule is CC(C)(C)OC(=O)N1CCN(Cc2cccc(NC3CCC(=O)NC3=O)c2)CC1. The molecule has 158 valence electrons. The van der Waals surface area contributed by atoms with Gasteiger partial charge >= 0.3 is 6.09 Å². The number of hydrogen-bond donors (Lipinski definition) is 2. The van der Waals surface area contributed by atoms with E-state index in [1.807, 2.05) is 39.0 Å². The predicted molar refractivity (Wildman–Crippen MR) is 109 cm³/mol. The fourth-order valence-electron chi connectivity index (χ4n) is 3.47. The second-order valence-corrected chi connectivity index (χ2v) is 8.59. The molecule has 2 aliphatic rings. The van der Waals surface area contributed by atoms with Crippen molar-refractivity contribution in [3.63, 3.8) is 0 Å². The molecule has 0 saturated carbocycles. The van der Waals surface area contributed by atoms with Crippen LogP contribution in [-0.2, 0) is 20.9 Å². The Bertz CT molecular complexity index is 766. The summed E-state index contributed by atoms with van der Waals surface area (Å²) >= 11 is 0. The number of imide groups is 1. The molecule has 8 heteroatoms. The van der Waals surface area contributed by atoms with Gasteiger partial charge in [0.2, 0.25) is 11.8 Å². The van der Waals surface area contributed by atoms with Gasteiger partial charge in [0.05, 0.1) is 0 Å². The Morgan fingerprint density at radius 3 is 2.59 bits per heavy atom. The lowest BCUT2D eigenvalue weighted by Crippen LogP contribution is -2.49. The Balaban J connectivity index is 1.50. The normalized spacial score (nSPS) is 20.9. The lowest BCUT2D eigenvalue weighted by molar-refractivity contribution is -0.133. The van der Waals surface area contributed by atoms with Crippen molar-refractivity contribution in [2.75, 3.05) is 31.5 Å². The highest BCUT2D eigenvalue weighted by molar-refractivity contribution is 6.01. The molecule has 3 rings (SSSR count). The predicted octanol–water partition coefficient (Wildman–Crippen LogP) is 1.96. The molecule has 1 atom stereocenters.